The zero-order valence-electron chi connectivity index (χ0n) is 21.1. The zero-order chi connectivity index (χ0) is 25.1. The molecule has 1 aliphatic rings. The zero-order valence-corrected chi connectivity index (χ0v) is 21.1. The summed E-state index contributed by atoms with van der Waals surface area (Å²) in [7, 11) is 0. The highest BCUT2D eigenvalue weighted by atomic mass is 16.5. The van der Waals surface area contributed by atoms with Crippen molar-refractivity contribution in [1.82, 2.24) is 20.3 Å². The van der Waals surface area contributed by atoms with Gasteiger partial charge in [-0.3, -0.25) is 0 Å². The fourth-order valence-electron chi connectivity index (χ4n) is 5.20. The van der Waals surface area contributed by atoms with E-state index in [-0.39, 0.29) is 24.3 Å². The molecule has 0 saturated heterocycles. The number of aryl methyl sites for hydroxylation is 2. The summed E-state index contributed by atoms with van der Waals surface area (Å²) in [5.74, 6) is 0.610. The smallest absolute Gasteiger partial charge is 0.407 e. The number of aromatic amines is 1. The molecule has 2 atom stereocenters. The van der Waals surface area contributed by atoms with Crippen LogP contribution in [0.4, 0.5) is 10.7 Å². The molecule has 0 aliphatic heterocycles. The van der Waals surface area contributed by atoms with Crippen LogP contribution in [-0.2, 0) is 11.3 Å². The van der Waals surface area contributed by atoms with Crippen LogP contribution in [-0.4, -0.2) is 32.6 Å². The molecule has 7 nitrogen and oxygen atoms in total. The average Bonchev–Trinajstić information content (AvgIpc) is 3.30. The highest BCUT2D eigenvalue weighted by Crippen LogP contribution is 2.33. The Morgan fingerprint density at radius 3 is 2.81 bits per heavy atom. The van der Waals surface area contributed by atoms with Crippen LogP contribution in [0.1, 0.15) is 49.3 Å². The van der Waals surface area contributed by atoms with Gasteiger partial charge in [0.25, 0.3) is 0 Å². The van der Waals surface area contributed by atoms with Gasteiger partial charge in [-0.2, -0.15) is 0 Å². The van der Waals surface area contributed by atoms with Gasteiger partial charge in [0.05, 0.1) is 5.69 Å². The highest BCUT2D eigenvalue weighted by Gasteiger charge is 2.34. The van der Waals surface area contributed by atoms with Crippen molar-refractivity contribution in [3.05, 3.63) is 77.6 Å². The summed E-state index contributed by atoms with van der Waals surface area (Å²) in [5, 5.41) is 7.79. The number of para-hydroxylation sites is 1. The Labute approximate surface area is 211 Å². The minimum absolute atomic E-state index is 0.152. The van der Waals surface area contributed by atoms with E-state index in [1.165, 1.54) is 5.56 Å². The summed E-state index contributed by atoms with van der Waals surface area (Å²) >= 11 is 0. The highest BCUT2D eigenvalue weighted by molar-refractivity contribution is 5.96. The molecule has 1 amide bonds. The number of fused-ring (bicyclic) bond motifs is 1. The molecule has 0 radical (unpaired) electrons. The van der Waals surface area contributed by atoms with Crippen LogP contribution in [0, 0.1) is 13.8 Å². The molecule has 2 heterocycles. The maximum absolute atomic E-state index is 12.5. The molecule has 5 rings (SSSR count). The van der Waals surface area contributed by atoms with E-state index < -0.39 is 0 Å². The van der Waals surface area contributed by atoms with E-state index in [1.54, 1.807) is 0 Å². The standard InChI is InChI=1S/C29H33N5O2/c1-19-9-7-13-23-24(17-30-25(19)23)26-20(2)16-31-27(33-26)32-22-12-8-14-29(3,15-22)34-28(35)36-18-21-10-5-4-6-11-21/h4-7,9-11,13,16-17,22,30H,8,12,14-15,18H2,1-3H3,(H,34,35)(H,31,32,33)/t22-,29+/m1/s1. The second-order valence-corrected chi connectivity index (χ2v) is 10.1. The fraction of sp³-hybridized carbons (Fsp3) is 0.345. The van der Waals surface area contributed by atoms with Gasteiger partial charge in [0.15, 0.2) is 0 Å². The Hall–Kier alpha value is -3.87. The summed E-state index contributed by atoms with van der Waals surface area (Å²) in [6.07, 6.45) is 7.18. The predicted molar refractivity (Wildman–Crippen MR) is 143 cm³/mol. The van der Waals surface area contributed by atoms with Gasteiger partial charge in [0.1, 0.15) is 6.61 Å². The van der Waals surface area contributed by atoms with Crippen molar-refractivity contribution in [1.29, 1.82) is 0 Å². The van der Waals surface area contributed by atoms with Crippen LogP contribution in [0.3, 0.4) is 0 Å². The number of nitrogens with zero attached hydrogens (tertiary/aromatic N) is 2. The van der Waals surface area contributed by atoms with E-state index in [1.807, 2.05) is 49.6 Å². The summed E-state index contributed by atoms with van der Waals surface area (Å²) in [5.41, 5.74) is 5.98. The molecule has 36 heavy (non-hydrogen) atoms. The molecule has 2 aromatic carbocycles. The number of amides is 1. The number of alkyl carbamates (subject to hydrolysis) is 1. The lowest BCUT2D eigenvalue weighted by molar-refractivity contribution is 0.120. The summed E-state index contributed by atoms with van der Waals surface area (Å²) in [6.45, 7) is 6.49. The van der Waals surface area contributed by atoms with Crippen LogP contribution < -0.4 is 10.6 Å². The van der Waals surface area contributed by atoms with Crippen LogP contribution in [0.15, 0.2) is 60.9 Å². The van der Waals surface area contributed by atoms with Gasteiger partial charge in [-0.25, -0.2) is 14.8 Å². The number of anilines is 1. The topological polar surface area (TPSA) is 91.9 Å². The normalized spacial score (nSPS) is 19.7. The SMILES string of the molecule is Cc1cnc(N[C@@H]2CCC[C@](C)(NC(=O)OCc3ccccc3)C2)nc1-c1c[nH]c2c(C)cccc12. The summed E-state index contributed by atoms with van der Waals surface area (Å²) < 4.78 is 5.47. The Bertz CT molecular complexity index is 1370. The third-order valence-corrected chi connectivity index (χ3v) is 7.08. The Morgan fingerprint density at radius 2 is 1.97 bits per heavy atom. The average molecular weight is 484 g/mol. The van der Waals surface area contributed by atoms with Gasteiger partial charge in [0.2, 0.25) is 5.95 Å². The molecule has 0 unspecified atom stereocenters. The van der Waals surface area contributed by atoms with E-state index in [4.69, 9.17) is 9.72 Å². The minimum atomic E-state index is -0.384. The number of aromatic nitrogens is 3. The molecule has 2 aromatic heterocycles. The van der Waals surface area contributed by atoms with Crippen molar-refractivity contribution < 1.29 is 9.53 Å². The van der Waals surface area contributed by atoms with Gasteiger partial charge in [-0.15, -0.1) is 0 Å². The number of hydrogen-bond donors (Lipinski definition) is 3. The van der Waals surface area contributed by atoms with Gasteiger partial charge >= 0.3 is 6.09 Å². The van der Waals surface area contributed by atoms with Crippen molar-refractivity contribution in [2.45, 2.75) is 64.6 Å². The first-order chi connectivity index (χ1) is 17.4. The first-order valence-electron chi connectivity index (χ1n) is 12.6. The largest absolute Gasteiger partial charge is 0.445 e. The second-order valence-electron chi connectivity index (χ2n) is 10.1. The van der Waals surface area contributed by atoms with E-state index in [9.17, 15) is 4.79 Å². The third kappa shape index (κ3) is 5.20. The minimum Gasteiger partial charge on any atom is -0.445 e. The Kier molecular flexibility index (Phi) is 6.63. The molecule has 186 valence electrons. The van der Waals surface area contributed by atoms with Crippen LogP contribution >= 0.6 is 0 Å². The Balaban J connectivity index is 1.26. The number of H-pyrrole nitrogens is 1. The lowest BCUT2D eigenvalue weighted by atomic mass is 9.80. The van der Waals surface area contributed by atoms with Gasteiger partial charge in [0, 0.05) is 40.4 Å². The van der Waals surface area contributed by atoms with Crippen molar-refractivity contribution >= 4 is 22.9 Å². The van der Waals surface area contributed by atoms with Gasteiger partial charge in [-0.05, 0) is 63.1 Å². The Morgan fingerprint density at radius 1 is 1.14 bits per heavy atom. The summed E-state index contributed by atoms with van der Waals surface area (Å²) in [4.78, 5) is 25.4. The predicted octanol–water partition coefficient (Wildman–Crippen LogP) is 6.28. The monoisotopic (exact) mass is 483 g/mol. The molecule has 1 aliphatic carbocycles. The molecular formula is C29H33N5O2. The number of ether oxygens (including phenoxy) is 1. The molecule has 0 spiro atoms. The number of carbonyl (C=O) groups is 1. The summed E-state index contributed by atoms with van der Waals surface area (Å²) in [6, 6.07) is 16.2. The van der Waals surface area contributed by atoms with Crippen molar-refractivity contribution in [3.63, 3.8) is 0 Å². The molecule has 3 N–H and O–H groups in total. The molecule has 1 fully saturated rings. The lowest BCUT2D eigenvalue weighted by Crippen LogP contribution is -2.51. The molecule has 4 aromatic rings. The molecular weight excluding hydrogens is 450 g/mol. The van der Waals surface area contributed by atoms with Gasteiger partial charge < -0.3 is 20.4 Å². The molecule has 1 saturated carbocycles. The first-order valence-corrected chi connectivity index (χ1v) is 12.6. The number of benzene rings is 2. The van der Waals surface area contributed by atoms with Crippen LogP contribution in [0.5, 0.6) is 0 Å². The molecule has 0 bridgehead atoms. The first kappa shape index (κ1) is 23.9. The third-order valence-electron chi connectivity index (χ3n) is 7.08. The quantitative estimate of drug-likeness (QED) is 0.300. The van der Waals surface area contributed by atoms with Gasteiger partial charge in [-0.1, -0.05) is 48.5 Å². The second kappa shape index (κ2) is 10.0. The number of rotatable bonds is 6. The van der Waals surface area contributed by atoms with E-state index in [0.29, 0.717) is 5.95 Å². The maximum atomic E-state index is 12.5. The van der Waals surface area contributed by atoms with Crippen molar-refractivity contribution in [3.8, 4) is 11.3 Å². The maximum Gasteiger partial charge on any atom is 0.407 e. The van der Waals surface area contributed by atoms with Crippen LogP contribution in [0.25, 0.3) is 22.2 Å². The lowest BCUT2D eigenvalue weighted by Gasteiger charge is -2.38. The number of carbonyl (C=O) groups excluding carboxylic acids is 1. The van der Waals surface area contributed by atoms with Crippen molar-refractivity contribution in [2.24, 2.45) is 0 Å². The van der Waals surface area contributed by atoms with Crippen molar-refractivity contribution in [2.75, 3.05) is 5.32 Å². The van der Waals surface area contributed by atoms with E-state index in [2.05, 4.69) is 52.6 Å². The number of hydrogen-bond acceptors (Lipinski definition) is 5. The van der Waals surface area contributed by atoms with Crippen LogP contribution in [0.2, 0.25) is 0 Å². The number of nitrogens with one attached hydrogen (secondary N) is 3. The molecule has 7 heteroatoms. The van der Waals surface area contributed by atoms with E-state index in [0.717, 1.165) is 59.0 Å². The fourth-order valence-corrected chi connectivity index (χ4v) is 5.20. The van der Waals surface area contributed by atoms with E-state index >= 15 is 0 Å².